The summed E-state index contributed by atoms with van der Waals surface area (Å²) in [6.45, 7) is 0.467. The minimum atomic E-state index is -0.859. The maximum Gasteiger partial charge on any atom is 0.337 e. The van der Waals surface area contributed by atoms with Gasteiger partial charge in [0.05, 0.1) is 17.0 Å². The second kappa shape index (κ2) is 5.89. The van der Waals surface area contributed by atoms with Crippen LogP contribution >= 0.6 is 11.3 Å². The summed E-state index contributed by atoms with van der Waals surface area (Å²) in [6.07, 6.45) is 0.691. The lowest BCUT2D eigenvalue weighted by Gasteiger charge is -2.09. The van der Waals surface area contributed by atoms with Crippen molar-refractivity contribution < 1.29 is 14.6 Å². The Balaban J connectivity index is 1.95. The number of carboxylic acids is 1. The van der Waals surface area contributed by atoms with Crippen LogP contribution in [0.15, 0.2) is 48.5 Å². The number of fused-ring (bicyclic) bond motifs is 3. The largest absolute Gasteiger partial charge is 0.478 e. The molecule has 1 N–H and O–H groups in total. The van der Waals surface area contributed by atoms with Crippen molar-refractivity contribution in [3.63, 3.8) is 0 Å². The van der Waals surface area contributed by atoms with Crippen molar-refractivity contribution in [3.8, 4) is 20.9 Å². The lowest BCUT2D eigenvalue weighted by atomic mass is 10.00. The maximum atomic E-state index is 12.0. The number of hydrogen-bond donors (Lipinski definition) is 1. The third-order valence-corrected chi connectivity index (χ3v) is 5.71. The molecule has 4 rings (SSSR count). The van der Waals surface area contributed by atoms with E-state index in [-0.39, 0.29) is 0 Å². The Morgan fingerprint density at radius 1 is 1.08 bits per heavy atom. The highest BCUT2D eigenvalue weighted by Crippen LogP contribution is 2.49. The molecule has 1 aromatic heterocycles. The third kappa shape index (κ3) is 2.27. The summed E-state index contributed by atoms with van der Waals surface area (Å²) in [4.78, 5) is 13.9. The number of carbonyl (C=O) groups is 1. The van der Waals surface area contributed by atoms with Crippen LogP contribution in [0.4, 0.5) is 0 Å². The van der Waals surface area contributed by atoms with Gasteiger partial charge in [0.25, 0.3) is 0 Å². The number of ether oxygens (including phenoxy) is 1. The molecule has 0 fully saturated rings. The van der Waals surface area contributed by atoms with Crippen LogP contribution in [0.25, 0.3) is 20.9 Å². The van der Waals surface area contributed by atoms with Gasteiger partial charge in [-0.1, -0.05) is 48.5 Å². The SMILES string of the molecule is COCc1ccccc1-c1sc2c(c1C(=O)O)Cc1ccccc1-2. The molecule has 0 spiro atoms. The van der Waals surface area contributed by atoms with Crippen LogP contribution < -0.4 is 0 Å². The van der Waals surface area contributed by atoms with E-state index in [2.05, 4.69) is 12.1 Å². The van der Waals surface area contributed by atoms with Crippen LogP contribution in [0.5, 0.6) is 0 Å². The Kier molecular flexibility index (Phi) is 3.71. The van der Waals surface area contributed by atoms with Crippen LogP contribution in [0.2, 0.25) is 0 Å². The van der Waals surface area contributed by atoms with Crippen molar-refractivity contribution in [2.24, 2.45) is 0 Å². The van der Waals surface area contributed by atoms with Gasteiger partial charge >= 0.3 is 5.97 Å². The zero-order valence-electron chi connectivity index (χ0n) is 13.2. The van der Waals surface area contributed by atoms with Crippen molar-refractivity contribution in [1.82, 2.24) is 0 Å². The molecule has 0 saturated heterocycles. The number of carboxylic acid groups (broad SMARTS) is 1. The Hall–Kier alpha value is -2.43. The first kappa shape index (κ1) is 15.1. The van der Waals surface area contributed by atoms with Gasteiger partial charge in [-0.2, -0.15) is 0 Å². The third-order valence-electron chi connectivity index (χ3n) is 4.41. The molecule has 24 heavy (non-hydrogen) atoms. The molecule has 0 atom stereocenters. The molecule has 0 aliphatic heterocycles. The monoisotopic (exact) mass is 336 g/mol. The molecule has 120 valence electrons. The molecule has 0 bridgehead atoms. The van der Waals surface area contributed by atoms with Crippen molar-refractivity contribution >= 4 is 17.3 Å². The Labute approximate surface area is 144 Å². The molecule has 2 aromatic carbocycles. The molecule has 4 heteroatoms. The van der Waals surface area contributed by atoms with Crippen LogP contribution in [-0.2, 0) is 17.8 Å². The van der Waals surface area contributed by atoms with Gasteiger partial charge in [-0.3, -0.25) is 0 Å². The van der Waals surface area contributed by atoms with E-state index in [4.69, 9.17) is 4.74 Å². The average Bonchev–Trinajstić information content (AvgIpc) is 3.11. The predicted octanol–water partition coefficient (Wildman–Crippen LogP) is 4.83. The molecule has 0 saturated carbocycles. The Bertz CT molecular complexity index is 940. The van der Waals surface area contributed by atoms with E-state index in [0.717, 1.165) is 32.0 Å². The van der Waals surface area contributed by atoms with Crippen LogP contribution in [0, 0.1) is 0 Å². The zero-order valence-corrected chi connectivity index (χ0v) is 14.0. The highest BCUT2D eigenvalue weighted by Gasteiger charge is 2.30. The number of aromatic carboxylic acids is 1. The van der Waals surface area contributed by atoms with Crippen molar-refractivity contribution in [3.05, 3.63) is 70.8 Å². The number of thiophene rings is 1. The molecule has 3 aromatic rings. The molecule has 0 radical (unpaired) electrons. The lowest BCUT2D eigenvalue weighted by Crippen LogP contribution is -2.02. The van der Waals surface area contributed by atoms with Crippen LogP contribution in [0.3, 0.4) is 0 Å². The van der Waals surface area contributed by atoms with Crippen LogP contribution in [-0.4, -0.2) is 18.2 Å². The van der Waals surface area contributed by atoms with Gasteiger partial charge in [-0.15, -0.1) is 11.3 Å². The fourth-order valence-electron chi connectivity index (χ4n) is 3.38. The number of hydrogen-bond acceptors (Lipinski definition) is 3. The van der Waals surface area contributed by atoms with Crippen molar-refractivity contribution in [2.45, 2.75) is 13.0 Å². The first-order chi connectivity index (χ1) is 11.7. The Morgan fingerprint density at radius 3 is 2.54 bits per heavy atom. The Morgan fingerprint density at radius 2 is 1.79 bits per heavy atom. The van der Waals surface area contributed by atoms with Gasteiger partial charge < -0.3 is 9.84 Å². The van der Waals surface area contributed by atoms with Gasteiger partial charge in [0, 0.05) is 18.4 Å². The summed E-state index contributed by atoms with van der Waals surface area (Å²) in [7, 11) is 1.65. The number of methoxy groups -OCH3 is 1. The summed E-state index contributed by atoms with van der Waals surface area (Å²) in [5.41, 5.74) is 5.71. The van der Waals surface area contributed by atoms with E-state index in [1.807, 2.05) is 36.4 Å². The molecular weight excluding hydrogens is 320 g/mol. The van der Waals surface area contributed by atoms with Crippen LogP contribution in [0.1, 0.15) is 27.0 Å². The molecule has 3 nitrogen and oxygen atoms in total. The fourth-order valence-corrected chi connectivity index (χ4v) is 4.81. The molecule has 1 heterocycles. The van der Waals surface area contributed by atoms with E-state index in [1.54, 1.807) is 18.4 Å². The predicted molar refractivity (Wildman–Crippen MR) is 95.7 cm³/mol. The van der Waals surface area contributed by atoms with Gasteiger partial charge in [0.1, 0.15) is 0 Å². The molecule has 0 amide bonds. The smallest absolute Gasteiger partial charge is 0.337 e. The number of rotatable bonds is 4. The highest BCUT2D eigenvalue weighted by atomic mass is 32.1. The minimum absolute atomic E-state index is 0.440. The summed E-state index contributed by atoms with van der Waals surface area (Å²) in [6, 6.07) is 16.0. The summed E-state index contributed by atoms with van der Waals surface area (Å²) >= 11 is 1.58. The van der Waals surface area contributed by atoms with Gasteiger partial charge in [0.2, 0.25) is 0 Å². The second-order valence-electron chi connectivity index (χ2n) is 5.84. The van der Waals surface area contributed by atoms with Crippen molar-refractivity contribution in [2.75, 3.05) is 7.11 Å². The summed E-state index contributed by atoms with van der Waals surface area (Å²) in [5, 5.41) is 9.86. The summed E-state index contributed by atoms with van der Waals surface area (Å²) < 4.78 is 5.28. The van der Waals surface area contributed by atoms with Crippen molar-refractivity contribution in [1.29, 1.82) is 0 Å². The fraction of sp³-hybridized carbons (Fsp3) is 0.150. The maximum absolute atomic E-state index is 12.0. The normalized spacial score (nSPS) is 12.0. The lowest BCUT2D eigenvalue weighted by molar-refractivity contribution is 0.0697. The van der Waals surface area contributed by atoms with E-state index in [9.17, 15) is 9.90 Å². The molecule has 0 unspecified atom stereocenters. The first-order valence-electron chi connectivity index (χ1n) is 7.75. The second-order valence-corrected chi connectivity index (χ2v) is 6.86. The minimum Gasteiger partial charge on any atom is -0.478 e. The standard InChI is InChI=1S/C20H16O3S/c1-23-11-13-7-3-5-9-15(13)19-17(20(21)22)16-10-12-6-2-4-8-14(12)18(16)24-19/h2-9H,10-11H2,1H3,(H,21,22). The first-order valence-corrected chi connectivity index (χ1v) is 8.56. The number of benzene rings is 2. The topological polar surface area (TPSA) is 46.5 Å². The van der Waals surface area contributed by atoms with Gasteiger partial charge in [0.15, 0.2) is 0 Å². The van der Waals surface area contributed by atoms with E-state index in [1.165, 1.54) is 5.56 Å². The highest BCUT2D eigenvalue weighted by molar-refractivity contribution is 7.19. The molecular formula is C20H16O3S. The van der Waals surface area contributed by atoms with Gasteiger partial charge in [-0.25, -0.2) is 4.79 Å². The summed E-state index contributed by atoms with van der Waals surface area (Å²) in [5.74, 6) is -0.859. The quantitative estimate of drug-likeness (QED) is 0.580. The van der Waals surface area contributed by atoms with E-state index >= 15 is 0 Å². The molecule has 1 aliphatic carbocycles. The molecule has 1 aliphatic rings. The zero-order chi connectivity index (χ0) is 16.7. The van der Waals surface area contributed by atoms with E-state index < -0.39 is 5.97 Å². The van der Waals surface area contributed by atoms with Gasteiger partial charge in [-0.05, 0) is 27.8 Å². The van der Waals surface area contributed by atoms with E-state index in [0.29, 0.717) is 18.6 Å². The average molecular weight is 336 g/mol.